The van der Waals surface area contributed by atoms with E-state index in [0.717, 1.165) is 22.7 Å². The van der Waals surface area contributed by atoms with E-state index in [9.17, 15) is 0 Å². The molecular formula is C13H13N3O2. The number of aliphatic hydroxyl groups is 1. The van der Waals surface area contributed by atoms with Gasteiger partial charge in [0.05, 0.1) is 19.4 Å². The highest BCUT2D eigenvalue weighted by Gasteiger charge is 2.12. The lowest BCUT2D eigenvalue weighted by Gasteiger charge is -2.05. The lowest BCUT2D eigenvalue weighted by atomic mass is 10.4. The molecule has 0 saturated carbocycles. The molecule has 3 aromatic heterocycles. The molecule has 0 fully saturated rings. The quantitative estimate of drug-likeness (QED) is 0.756. The minimum atomic E-state index is 0.0709. The normalized spacial score (nSPS) is 11.2. The van der Waals surface area contributed by atoms with Gasteiger partial charge in [-0.3, -0.25) is 0 Å². The highest BCUT2D eigenvalue weighted by molar-refractivity contribution is 5.71. The fraction of sp³-hybridized carbons (Fsp3) is 0.231. The smallest absolute Gasteiger partial charge is 0.160 e. The van der Waals surface area contributed by atoms with E-state index in [2.05, 4.69) is 9.97 Å². The highest BCUT2D eigenvalue weighted by atomic mass is 16.3. The van der Waals surface area contributed by atoms with Gasteiger partial charge in [-0.05, 0) is 24.3 Å². The Hall–Kier alpha value is -2.14. The number of aromatic nitrogens is 3. The molecule has 5 nitrogen and oxygen atoms in total. The number of pyridine rings is 1. The zero-order chi connectivity index (χ0) is 12.4. The van der Waals surface area contributed by atoms with Crippen LogP contribution in [0.15, 0.2) is 41.1 Å². The Morgan fingerprint density at radius 1 is 1.28 bits per heavy atom. The number of furan rings is 1. The second-order valence-corrected chi connectivity index (χ2v) is 4.01. The predicted octanol–water partition coefficient (Wildman–Crippen LogP) is 1.61. The van der Waals surface area contributed by atoms with Gasteiger partial charge in [-0.15, -0.1) is 0 Å². The van der Waals surface area contributed by atoms with Crippen molar-refractivity contribution < 1.29 is 9.52 Å². The molecule has 0 aliphatic carbocycles. The molecule has 0 aliphatic heterocycles. The lowest BCUT2D eigenvalue weighted by Crippen LogP contribution is -2.07. The molecule has 3 heterocycles. The second kappa shape index (κ2) is 4.62. The van der Waals surface area contributed by atoms with Gasteiger partial charge in [0.25, 0.3) is 0 Å². The summed E-state index contributed by atoms with van der Waals surface area (Å²) in [6.45, 7) is 0.650. The third-order valence-corrected chi connectivity index (χ3v) is 2.81. The number of imidazole rings is 1. The van der Waals surface area contributed by atoms with Crippen LogP contribution in [-0.2, 0) is 13.0 Å². The molecule has 0 bridgehead atoms. The lowest BCUT2D eigenvalue weighted by molar-refractivity contribution is 0.294. The third kappa shape index (κ3) is 1.89. The van der Waals surface area contributed by atoms with Crippen LogP contribution in [0, 0.1) is 0 Å². The maximum Gasteiger partial charge on any atom is 0.160 e. The van der Waals surface area contributed by atoms with Crippen molar-refractivity contribution in [2.45, 2.75) is 13.0 Å². The van der Waals surface area contributed by atoms with Gasteiger partial charge in [0.15, 0.2) is 5.65 Å². The summed E-state index contributed by atoms with van der Waals surface area (Å²) < 4.78 is 7.33. The summed E-state index contributed by atoms with van der Waals surface area (Å²) >= 11 is 0. The van der Waals surface area contributed by atoms with Crippen LogP contribution in [0.2, 0.25) is 0 Å². The zero-order valence-corrected chi connectivity index (χ0v) is 9.78. The fourth-order valence-corrected chi connectivity index (χ4v) is 2.02. The van der Waals surface area contributed by atoms with E-state index < -0.39 is 0 Å². The molecule has 18 heavy (non-hydrogen) atoms. The summed E-state index contributed by atoms with van der Waals surface area (Å²) in [7, 11) is 0. The Balaban J connectivity index is 2.09. The van der Waals surface area contributed by atoms with E-state index >= 15 is 0 Å². The Morgan fingerprint density at radius 3 is 3.00 bits per heavy atom. The van der Waals surface area contributed by atoms with E-state index in [1.807, 2.05) is 28.8 Å². The number of hydrogen-bond acceptors (Lipinski definition) is 4. The Bertz CT molecular complexity index is 643. The van der Waals surface area contributed by atoms with E-state index in [0.29, 0.717) is 13.0 Å². The average Bonchev–Trinajstić information content (AvgIpc) is 3.00. The highest BCUT2D eigenvalue weighted by Crippen LogP contribution is 2.16. The van der Waals surface area contributed by atoms with Gasteiger partial charge in [0.2, 0.25) is 0 Å². The van der Waals surface area contributed by atoms with Crippen molar-refractivity contribution in [3.05, 3.63) is 48.3 Å². The van der Waals surface area contributed by atoms with E-state index in [1.165, 1.54) is 0 Å². The van der Waals surface area contributed by atoms with Gasteiger partial charge >= 0.3 is 0 Å². The van der Waals surface area contributed by atoms with Gasteiger partial charge in [-0.1, -0.05) is 0 Å². The van der Waals surface area contributed by atoms with Gasteiger partial charge in [-0.2, -0.15) is 0 Å². The number of fused-ring (bicyclic) bond motifs is 1. The van der Waals surface area contributed by atoms with E-state index in [1.54, 1.807) is 12.5 Å². The Kier molecular flexibility index (Phi) is 2.82. The molecule has 0 aromatic carbocycles. The van der Waals surface area contributed by atoms with E-state index in [-0.39, 0.29) is 6.61 Å². The summed E-state index contributed by atoms with van der Waals surface area (Å²) in [6, 6.07) is 7.54. The fourth-order valence-electron chi connectivity index (χ4n) is 2.02. The Labute approximate surface area is 104 Å². The van der Waals surface area contributed by atoms with Crippen LogP contribution in [0.4, 0.5) is 0 Å². The van der Waals surface area contributed by atoms with Crippen LogP contribution in [0.25, 0.3) is 11.2 Å². The standard InChI is InChI=1S/C13H13N3O2/c17-7-5-12-15-11-4-1-6-14-13(11)16(12)9-10-3-2-8-18-10/h1-4,6,8,17H,5,7,9H2. The number of aliphatic hydroxyl groups excluding tert-OH is 1. The van der Waals surface area contributed by atoms with Crippen molar-refractivity contribution in [1.82, 2.24) is 14.5 Å². The van der Waals surface area contributed by atoms with Crippen LogP contribution in [-0.4, -0.2) is 26.2 Å². The van der Waals surface area contributed by atoms with Crippen molar-refractivity contribution in [3.63, 3.8) is 0 Å². The predicted molar refractivity (Wildman–Crippen MR) is 66.1 cm³/mol. The molecule has 0 saturated heterocycles. The Morgan fingerprint density at radius 2 is 2.22 bits per heavy atom. The molecular weight excluding hydrogens is 230 g/mol. The van der Waals surface area contributed by atoms with Gasteiger partial charge in [0, 0.05) is 12.6 Å². The molecule has 0 radical (unpaired) electrons. The second-order valence-electron chi connectivity index (χ2n) is 4.01. The van der Waals surface area contributed by atoms with Crippen LogP contribution in [0.3, 0.4) is 0 Å². The topological polar surface area (TPSA) is 64.1 Å². The molecule has 0 aliphatic rings. The van der Waals surface area contributed by atoms with Crippen molar-refractivity contribution in [1.29, 1.82) is 0 Å². The molecule has 5 heteroatoms. The minimum Gasteiger partial charge on any atom is -0.467 e. The maximum atomic E-state index is 9.10. The molecule has 3 rings (SSSR count). The first-order valence-corrected chi connectivity index (χ1v) is 5.82. The molecule has 1 N–H and O–H groups in total. The van der Waals surface area contributed by atoms with Gasteiger partial charge in [-0.25, -0.2) is 9.97 Å². The van der Waals surface area contributed by atoms with Crippen molar-refractivity contribution >= 4 is 11.2 Å². The number of hydrogen-bond donors (Lipinski definition) is 1. The average molecular weight is 243 g/mol. The first-order chi connectivity index (χ1) is 8.88. The molecule has 0 unspecified atom stereocenters. The van der Waals surface area contributed by atoms with Gasteiger partial charge in [0.1, 0.15) is 17.1 Å². The van der Waals surface area contributed by atoms with Gasteiger partial charge < -0.3 is 14.1 Å². The maximum absolute atomic E-state index is 9.10. The monoisotopic (exact) mass is 243 g/mol. The van der Waals surface area contributed by atoms with Crippen molar-refractivity contribution in [3.8, 4) is 0 Å². The molecule has 0 spiro atoms. The summed E-state index contributed by atoms with van der Waals surface area (Å²) in [4.78, 5) is 8.82. The summed E-state index contributed by atoms with van der Waals surface area (Å²) in [5, 5.41) is 9.10. The first kappa shape index (κ1) is 11.0. The number of rotatable bonds is 4. The van der Waals surface area contributed by atoms with Crippen LogP contribution >= 0.6 is 0 Å². The van der Waals surface area contributed by atoms with Crippen LogP contribution < -0.4 is 0 Å². The molecule has 0 atom stereocenters. The number of nitrogens with zero attached hydrogens (tertiary/aromatic N) is 3. The van der Waals surface area contributed by atoms with Crippen LogP contribution in [0.5, 0.6) is 0 Å². The largest absolute Gasteiger partial charge is 0.467 e. The minimum absolute atomic E-state index is 0.0709. The summed E-state index contributed by atoms with van der Waals surface area (Å²) in [6.07, 6.45) is 3.90. The zero-order valence-electron chi connectivity index (χ0n) is 9.78. The van der Waals surface area contributed by atoms with E-state index in [4.69, 9.17) is 9.52 Å². The van der Waals surface area contributed by atoms with Crippen LogP contribution in [0.1, 0.15) is 11.6 Å². The van der Waals surface area contributed by atoms with Crippen molar-refractivity contribution in [2.75, 3.05) is 6.61 Å². The molecule has 0 amide bonds. The molecule has 3 aromatic rings. The summed E-state index contributed by atoms with van der Waals surface area (Å²) in [5.41, 5.74) is 1.66. The van der Waals surface area contributed by atoms with Crippen molar-refractivity contribution in [2.24, 2.45) is 0 Å². The third-order valence-electron chi connectivity index (χ3n) is 2.81. The SMILES string of the molecule is OCCc1nc2cccnc2n1Cc1ccco1. The summed E-state index contributed by atoms with van der Waals surface area (Å²) in [5.74, 6) is 1.67. The molecule has 92 valence electrons. The first-order valence-electron chi connectivity index (χ1n) is 5.82.